The number of aliphatic hydroxyl groups is 2. The predicted molar refractivity (Wildman–Crippen MR) is 53.8 cm³/mol. The molecule has 86 valence electrons. The number of hydrogen-bond acceptors (Lipinski definition) is 6. The van der Waals surface area contributed by atoms with Crippen molar-refractivity contribution in [3.8, 4) is 6.07 Å². The van der Waals surface area contributed by atoms with Crippen molar-refractivity contribution in [1.29, 1.82) is 5.26 Å². The number of rotatable bonds is 2. The van der Waals surface area contributed by atoms with E-state index in [1.165, 1.54) is 7.05 Å². The van der Waals surface area contributed by atoms with E-state index in [1.807, 2.05) is 0 Å². The Morgan fingerprint density at radius 2 is 2.38 bits per heavy atom. The summed E-state index contributed by atoms with van der Waals surface area (Å²) in [6, 6.07) is 1.73. The average Bonchev–Trinajstić information content (AvgIpc) is 2.26. The van der Waals surface area contributed by atoms with Crippen molar-refractivity contribution in [2.75, 3.05) is 13.7 Å². The van der Waals surface area contributed by atoms with Crippen LogP contribution in [0.15, 0.2) is 23.1 Å². The number of nitrogens with zero attached hydrogens (tertiary/aromatic N) is 2. The van der Waals surface area contributed by atoms with Gasteiger partial charge in [0.05, 0.1) is 17.8 Å². The van der Waals surface area contributed by atoms with E-state index in [2.05, 4.69) is 0 Å². The summed E-state index contributed by atoms with van der Waals surface area (Å²) in [5, 5.41) is 27.9. The standard InChI is InChI=1S/C10H12N2O4/c1-3-16-10(15)6-4-8(13)12(2)9(14)7(6)5-11/h4,9,13-14H,3H2,1-2H3. The first kappa shape index (κ1) is 12.1. The summed E-state index contributed by atoms with van der Waals surface area (Å²) < 4.78 is 4.71. The molecule has 1 rings (SSSR count). The minimum Gasteiger partial charge on any atom is -0.495 e. The normalized spacial score (nSPS) is 20.2. The second-order valence-corrected chi connectivity index (χ2v) is 3.15. The molecule has 0 saturated carbocycles. The van der Waals surface area contributed by atoms with Gasteiger partial charge in [-0.1, -0.05) is 0 Å². The van der Waals surface area contributed by atoms with E-state index in [1.54, 1.807) is 13.0 Å². The van der Waals surface area contributed by atoms with Crippen molar-refractivity contribution < 1.29 is 19.7 Å². The van der Waals surface area contributed by atoms with Gasteiger partial charge >= 0.3 is 5.97 Å². The highest BCUT2D eigenvalue weighted by atomic mass is 16.5. The van der Waals surface area contributed by atoms with Crippen LogP contribution in [0.5, 0.6) is 0 Å². The van der Waals surface area contributed by atoms with Gasteiger partial charge in [0.1, 0.15) is 6.07 Å². The van der Waals surface area contributed by atoms with Crippen molar-refractivity contribution in [2.24, 2.45) is 0 Å². The summed E-state index contributed by atoms with van der Waals surface area (Å²) in [5.41, 5.74) is -0.258. The smallest absolute Gasteiger partial charge is 0.339 e. The zero-order valence-corrected chi connectivity index (χ0v) is 8.97. The molecule has 0 radical (unpaired) electrons. The molecule has 1 heterocycles. The quantitative estimate of drug-likeness (QED) is 0.643. The molecule has 1 unspecified atom stereocenters. The van der Waals surface area contributed by atoms with Crippen LogP contribution in [0.3, 0.4) is 0 Å². The highest BCUT2D eigenvalue weighted by molar-refractivity contribution is 5.94. The summed E-state index contributed by atoms with van der Waals surface area (Å²) in [6.07, 6.45) is -0.238. The SMILES string of the molecule is CCOC(=O)C1=C(C#N)C(O)N(C)C(O)=C1. The molecule has 0 aliphatic carbocycles. The monoisotopic (exact) mass is 224 g/mol. The van der Waals surface area contributed by atoms with Gasteiger partial charge in [0, 0.05) is 13.1 Å². The molecule has 0 amide bonds. The van der Waals surface area contributed by atoms with Crippen LogP contribution in [0.2, 0.25) is 0 Å². The molecule has 1 aliphatic heterocycles. The van der Waals surface area contributed by atoms with Gasteiger partial charge in [0.15, 0.2) is 12.1 Å². The number of carbonyl (C=O) groups excluding carboxylic acids is 1. The number of hydrogen-bond donors (Lipinski definition) is 2. The molecule has 0 aromatic heterocycles. The van der Waals surface area contributed by atoms with Crippen molar-refractivity contribution >= 4 is 5.97 Å². The summed E-state index contributed by atoms with van der Waals surface area (Å²) in [7, 11) is 1.40. The zero-order valence-electron chi connectivity index (χ0n) is 8.97. The molecule has 0 fully saturated rings. The fourth-order valence-electron chi connectivity index (χ4n) is 1.26. The molecule has 6 heteroatoms. The molecule has 0 aromatic carbocycles. The number of ether oxygens (including phenoxy) is 1. The maximum absolute atomic E-state index is 11.4. The fourth-order valence-corrected chi connectivity index (χ4v) is 1.26. The Morgan fingerprint density at radius 1 is 1.75 bits per heavy atom. The summed E-state index contributed by atoms with van der Waals surface area (Å²) in [5.74, 6) is -1.03. The van der Waals surface area contributed by atoms with Crippen LogP contribution >= 0.6 is 0 Å². The van der Waals surface area contributed by atoms with Gasteiger partial charge < -0.3 is 19.8 Å². The maximum Gasteiger partial charge on any atom is 0.339 e. The van der Waals surface area contributed by atoms with Crippen LogP contribution in [0.25, 0.3) is 0 Å². The van der Waals surface area contributed by atoms with Crippen LogP contribution in [0, 0.1) is 11.3 Å². The lowest BCUT2D eigenvalue weighted by molar-refractivity contribution is -0.138. The molecule has 0 bridgehead atoms. The van der Waals surface area contributed by atoms with Gasteiger partial charge in [0.25, 0.3) is 0 Å². The van der Waals surface area contributed by atoms with Gasteiger partial charge in [-0.25, -0.2) is 4.79 Å². The molecule has 1 aliphatic rings. The Morgan fingerprint density at radius 3 is 2.88 bits per heavy atom. The lowest BCUT2D eigenvalue weighted by Crippen LogP contribution is -2.36. The minimum absolute atomic E-state index is 0.118. The Balaban J connectivity index is 3.17. The average molecular weight is 224 g/mol. The molecule has 1 atom stereocenters. The minimum atomic E-state index is -1.34. The highest BCUT2D eigenvalue weighted by Gasteiger charge is 2.30. The van der Waals surface area contributed by atoms with Gasteiger partial charge in [0.2, 0.25) is 0 Å². The zero-order chi connectivity index (χ0) is 12.3. The Hall–Kier alpha value is -2.00. The van der Waals surface area contributed by atoms with Gasteiger partial charge in [-0.05, 0) is 6.92 Å². The molecule has 0 aromatic rings. The number of carbonyl (C=O) groups is 1. The summed E-state index contributed by atoms with van der Waals surface area (Å²) in [6.45, 7) is 1.78. The van der Waals surface area contributed by atoms with E-state index >= 15 is 0 Å². The van der Waals surface area contributed by atoms with Crippen LogP contribution in [-0.2, 0) is 9.53 Å². The number of nitriles is 1. The third-order valence-corrected chi connectivity index (χ3v) is 2.17. The van der Waals surface area contributed by atoms with Gasteiger partial charge in [-0.3, -0.25) is 0 Å². The molecule has 6 nitrogen and oxygen atoms in total. The summed E-state index contributed by atoms with van der Waals surface area (Å²) in [4.78, 5) is 12.5. The summed E-state index contributed by atoms with van der Waals surface area (Å²) >= 11 is 0. The van der Waals surface area contributed by atoms with Gasteiger partial charge in [-0.2, -0.15) is 5.26 Å². The lowest BCUT2D eigenvalue weighted by Gasteiger charge is -2.28. The number of aliphatic hydroxyl groups excluding tert-OH is 2. The van der Waals surface area contributed by atoms with Crippen molar-refractivity contribution in [1.82, 2.24) is 4.90 Å². The highest BCUT2D eigenvalue weighted by Crippen LogP contribution is 2.23. The molecule has 2 N–H and O–H groups in total. The second kappa shape index (κ2) is 4.68. The van der Waals surface area contributed by atoms with E-state index in [-0.39, 0.29) is 23.6 Å². The second-order valence-electron chi connectivity index (χ2n) is 3.15. The third kappa shape index (κ3) is 1.99. The molecular formula is C10H12N2O4. The Kier molecular flexibility index (Phi) is 3.53. The van der Waals surface area contributed by atoms with Crippen molar-refractivity contribution in [3.63, 3.8) is 0 Å². The van der Waals surface area contributed by atoms with E-state index < -0.39 is 12.2 Å². The molecular weight excluding hydrogens is 212 g/mol. The van der Waals surface area contributed by atoms with Crippen LogP contribution < -0.4 is 0 Å². The van der Waals surface area contributed by atoms with Crippen molar-refractivity contribution in [3.05, 3.63) is 23.1 Å². The van der Waals surface area contributed by atoms with E-state index in [9.17, 15) is 15.0 Å². The van der Waals surface area contributed by atoms with E-state index in [4.69, 9.17) is 10.00 Å². The first-order valence-corrected chi connectivity index (χ1v) is 4.65. The van der Waals surface area contributed by atoms with E-state index in [0.717, 1.165) is 11.0 Å². The molecule has 16 heavy (non-hydrogen) atoms. The lowest BCUT2D eigenvalue weighted by atomic mass is 10.0. The predicted octanol–water partition coefficient (Wildman–Crippen LogP) is 0.0329. The Labute approximate surface area is 92.7 Å². The van der Waals surface area contributed by atoms with Crippen LogP contribution in [0.1, 0.15) is 6.92 Å². The van der Waals surface area contributed by atoms with Crippen molar-refractivity contribution in [2.45, 2.75) is 13.2 Å². The first-order chi connectivity index (χ1) is 7.52. The fraction of sp³-hybridized carbons (Fsp3) is 0.400. The largest absolute Gasteiger partial charge is 0.495 e. The third-order valence-electron chi connectivity index (χ3n) is 2.17. The molecule has 0 spiro atoms. The first-order valence-electron chi connectivity index (χ1n) is 4.65. The maximum atomic E-state index is 11.4. The van der Waals surface area contributed by atoms with Crippen LogP contribution in [0.4, 0.5) is 0 Å². The topological polar surface area (TPSA) is 93.8 Å². The van der Waals surface area contributed by atoms with E-state index in [0.29, 0.717) is 0 Å². The Bertz CT molecular complexity index is 406. The van der Waals surface area contributed by atoms with Crippen LogP contribution in [-0.4, -0.2) is 41.0 Å². The van der Waals surface area contributed by atoms with Gasteiger partial charge in [-0.15, -0.1) is 0 Å². The number of esters is 1. The molecule has 0 saturated heterocycles. The number of likely N-dealkylation sites (N-methyl/N-ethyl adjacent to an activating group) is 1.